The number of nitrogens with zero attached hydrogens (tertiary/aromatic N) is 2. The van der Waals surface area contributed by atoms with Crippen molar-refractivity contribution in [3.63, 3.8) is 0 Å². The summed E-state index contributed by atoms with van der Waals surface area (Å²) in [6, 6.07) is 17.5. The van der Waals surface area contributed by atoms with Gasteiger partial charge in [-0.2, -0.15) is 0 Å². The first-order valence-corrected chi connectivity index (χ1v) is 9.10. The summed E-state index contributed by atoms with van der Waals surface area (Å²) in [5, 5.41) is 6.09. The normalized spacial score (nSPS) is 10.4. The van der Waals surface area contributed by atoms with Crippen molar-refractivity contribution >= 4 is 11.9 Å². The number of aryl methyl sites for hydroxylation is 2. The zero-order valence-electron chi connectivity index (χ0n) is 16.3. The quantitative estimate of drug-likeness (QED) is 0.658. The summed E-state index contributed by atoms with van der Waals surface area (Å²) in [5.74, 6) is 0.988. The number of ether oxygens (including phenoxy) is 1. The van der Waals surface area contributed by atoms with Crippen LogP contribution in [-0.2, 0) is 13.1 Å². The topological polar surface area (TPSA) is 76.1 Å². The first-order valence-electron chi connectivity index (χ1n) is 9.10. The SMILES string of the molecule is COc1ccc(CNC(=O)c2cc(C)nc(NCc3cccc(C)c3)n2)cc1. The van der Waals surface area contributed by atoms with E-state index in [1.165, 1.54) is 5.56 Å². The highest BCUT2D eigenvalue weighted by Crippen LogP contribution is 2.12. The number of benzene rings is 2. The van der Waals surface area contributed by atoms with Gasteiger partial charge in [-0.3, -0.25) is 4.79 Å². The molecule has 6 nitrogen and oxygen atoms in total. The Labute approximate surface area is 165 Å². The molecule has 6 heteroatoms. The van der Waals surface area contributed by atoms with Crippen LogP contribution in [0.4, 0.5) is 5.95 Å². The smallest absolute Gasteiger partial charge is 0.270 e. The van der Waals surface area contributed by atoms with Gasteiger partial charge in [0.2, 0.25) is 5.95 Å². The minimum absolute atomic E-state index is 0.236. The van der Waals surface area contributed by atoms with E-state index in [0.717, 1.165) is 22.6 Å². The van der Waals surface area contributed by atoms with Crippen LogP contribution >= 0.6 is 0 Å². The Hall–Kier alpha value is -3.41. The molecule has 0 aliphatic rings. The maximum Gasteiger partial charge on any atom is 0.270 e. The number of methoxy groups -OCH3 is 1. The largest absolute Gasteiger partial charge is 0.497 e. The maximum absolute atomic E-state index is 12.5. The molecule has 1 aromatic heterocycles. The fourth-order valence-corrected chi connectivity index (χ4v) is 2.78. The van der Waals surface area contributed by atoms with E-state index in [2.05, 4.69) is 39.7 Å². The molecule has 0 spiro atoms. The average Bonchev–Trinajstić information content (AvgIpc) is 2.70. The Balaban J connectivity index is 1.63. The van der Waals surface area contributed by atoms with E-state index < -0.39 is 0 Å². The van der Waals surface area contributed by atoms with Crippen LogP contribution < -0.4 is 15.4 Å². The number of carbonyl (C=O) groups is 1. The lowest BCUT2D eigenvalue weighted by molar-refractivity contribution is 0.0945. The number of hydrogen-bond donors (Lipinski definition) is 2. The first kappa shape index (κ1) is 19.4. The Morgan fingerprint density at radius 3 is 2.46 bits per heavy atom. The predicted molar refractivity (Wildman–Crippen MR) is 109 cm³/mol. The van der Waals surface area contributed by atoms with Gasteiger partial charge in [0.1, 0.15) is 11.4 Å². The molecule has 0 bridgehead atoms. The van der Waals surface area contributed by atoms with Gasteiger partial charge in [-0.15, -0.1) is 0 Å². The second kappa shape index (κ2) is 8.99. The number of anilines is 1. The second-order valence-corrected chi connectivity index (χ2v) is 6.59. The molecule has 28 heavy (non-hydrogen) atoms. The Kier molecular flexibility index (Phi) is 6.22. The molecule has 0 unspecified atom stereocenters. The van der Waals surface area contributed by atoms with E-state index in [4.69, 9.17) is 4.74 Å². The van der Waals surface area contributed by atoms with Gasteiger partial charge in [-0.05, 0) is 43.2 Å². The summed E-state index contributed by atoms with van der Waals surface area (Å²) in [7, 11) is 1.62. The summed E-state index contributed by atoms with van der Waals surface area (Å²) >= 11 is 0. The van der Waals surface area contributed by atoms with Crippen LogP contribution in [0.3, 0.4) is 0 Å². The van der Waals surface area contributed by atoms with Crippen LogP contribution in [0.5, 0.6) is 5.75 Å². The summed E-state index contributed by atoms with van der Waals surface area (Å²) in [6.07, 6.45) is 0. The van der Waals surface area contributed by atoms with E-state index in [1.807, 2.05) is 43.3 Å². The van der Waals surface area contributed by atoms with Gasteiger partial charge in [-0.1, -0.05) is 42.0 Å². The Morgan fingerprint density at radius 1 is 0.964 bits per heavy atom. The third-order valence-electron chi connectivity index (χ3n) is 4.23. The monoisotopic (exact) mass is 376 g/mol. The van der Waals surface area contributed by atoms with Crippen molar-refractivity contribution in [3.8, 4) is 5.75 Å². The summed E-state index contributed by atoms with van der Waals surface area (Å²) in [6.45, 7) is 4.91. The van der Waals surface area contributed by atoms with Gasteiger partial charge in [-0.25, -0.2) is 9.97 Å². The van der Waals surface area contributed by atoms with E-state index >= 15 is 0 Å². The van der Waals surface area contributed by atoms with Crippen molar-refractivity contribution < 1.29 is 9.53 Å². The minimum atomic E-state index is -0.236. The zero-order valence-corrected chi connectivity index (χ0v) is 16.3. The molecule has 2 aromatic carbocycles. The molecule has 0 atom stereocenters. The number of aromatic nitrogens is 2. The van der Waals surface area contributed by atoms with E-state index in [9.17, 15) is 4.79 Å². The lowest BCUT2D eigenvalue weighted by Crippen LogP contribution is -2.24. The van der Waals surface area contributed by atoms with Crippen molar-refractivity contribution in [2.75, 3.05) is 12.4 Å². The van der Waals surface area contributed by atoms with Crippen LogP contribution in [0.15, 0.2) is 54.6 Å². The van der Waals surface area contributed by atoms with E-state index in [1.54, 1.807) is 13.2 Å². The minimum Gasteiger partial charge on any atom is -0.497 e. The van der Waals surface area contributed by atoms with E-state index in [-0.39, 0.29) is 5.91 Å². The average molecular weight is 376 g/mol. The third kappa shape index (κ3) is 5.30. The highest BCUT2D eigenvalue weighted by Gasteiger charge is 2.10. The van der Waals surface area contributed by atoms with Gasteiger partial charge < -0.3 is 15.4 Å². The van der Waals surface area contributed by atoms with Crippen molar-refractivity contribution in [2.45, 2.75) is 26.9 Å². The molecule has 0 saturated heterocycles. The van der Waals surface area contributed by atoms with Crippen LogP contribution in [0.1, 0.15) is 32.9 Å². The number of rotatable bonds is 7. The highest BCUT2D eigenvalue weighted by atomic mass is 16.5. The molecule has 1 amide bonds. The van der Waals surface area contributed by atoms with Crippen molar-refractivity contribution in [1.29, 1.82) is 0 Å². The fourth-order valence-electron chi connectivity index (χ4n) is 2.78. The molecule has 0 radical (unpaired) electrons. The third-order valence-corrected chi connectivity index (χ3v) is 4.23. The number of hydrogen-bond acceptors (Lipinski definition) is 5. The molecule has 0 fully saturated rings. The van der Waals surface area contributed by atoms with E-state index in [0.29, 0.717) is 24.7 Å². The van der Waals surface area contributed by atoms with Crippen molar-refractivity contribution in [2.24, 2.45) is 0 Å². The molecule has 144 valence electrons. The Bertz CT molecular complexity index is 955. The van der Waals surface area contributed by atoms with Gasteiger partial charge in [0.15, 0.2) is 0 Å². The van der Waals surface area contributed by atoms with Gasteiger partial charge in [0.05, 0.1) is 7.11 Å². The predicted octanol–water partition coefficient (Wildman–Crippen LogP) is 3.64. The van der Waals surface area contributed by atoms with Crippen LogP contribution in [0, 0.1) is 13.8 Å². The number of nitrogens with one attached hydrogen (secondary N) is 2. The summed E-state index contributed by atoms with van der Waals surface area (Å²) < 4.78 is 5.14. The van der Waals surface area contributed by atoms with Crippen LogP contribution in [-0.4, -0.2) is 23.0 Å². The summed E-state index contributed by atoms with van der Waals surface area (Å²) in [5.41, 5.74) is 4.39. The lowest BCUT2D eigenvalue weighted by atomic mass is 10.1. The van der Waals surface area contributed by atoms with Crippen molar-refractivity contribution in [3.05, 3.63) is 82.7 Å². The molecule has 1 heterocycles. The maximum atomic E-state index is 12.5. The highest BCUT2D eigenvalue weighted by molar-refractivity contribution is 5.92. The molecular weight excluding hydrogens is 352 g/mol. The molecule has 0 aliphatic heterocycles. The standard InChI is InChI=1S/C22H24N4O2/c1-15-5-4-6-18(11-15)14-24-22-25-16(2)12-20(26-22)21(27)23-13-17-7-9-19(28-3)10-8-17/h4-12H,13-14H2,1-3H3,(H,23,27)(H,24,25,26). The first-order chi connectivity index (χ1) is 13.5. The van der Waals surface area contributed by atoms with Crippen LogP contribution in [0.2, 0.25) is 0 Å². The van der Waals surface area contributed by atoms with Gasteiger partial charge in [0, 0.05) is 18.8 Å². The Morgan fingerprint density at radius 2 is 1.75 bits per heavy atom. The molecular formula is C22H24N4O2. The molecule has 3 aromatic rings. The molecule has 3 rings (SSSR count). The van der Waals surface area contributed by atoms with Crippen molar-refractivity contribution in [1.82, 2.24) is 15.3 Å². The van der Waals surface area contributed by atoms with Crippen LogP contribution in [0.25, 0.3) is 0 Å². The number of amides is 1. The molecule has 2 N–H and O–H groups in total. The molecule has 0 saturated carbocycles. The van der Waals surface area contributed by atoms with Gasteiger partial charge >= 0.3 is 0 Å². The number of carbonyl (C=O) groups excluding carboxylic acids is 1. The fraction of sp³-hybridized carbons (Fsp3) is 0.227. The molecule has 0 aliphatic carbocycles. The lowest BCUT2D eigenvalue weighted by Gasteiger charge is -2.10. The second-order valence-electron chi connectivity index (χ2n) is 6.59. The van der Waals surface area contributed by atoms with Gasteiger partial charge in [0.25, 0.3) is 5.91 Å². The zero-order chi connectivity index (χ0) is 19.9. The summed E-state index contributed by atoms with van der Waals surface area (Å²) in [4.78, 5) is 21.2.